The molecule has 4 aromatic rings. The molecule has 0 fully saturated rings. The van der Waals surface area contributed by atoms with Crippen LogP contribution in [0.3, 0.4) is 0 Å². The molecule has 4 aromatic carbocycles. The van der Waals surface area contributed by atoms with Gasteiger partial charge in [-0.25, -0.2) is 8.42 Å². The van der Waals surface area contributed by atoms with Crippen LogP contribution in [0.25, 0.3) is 11.1 Å². The molecule has 0 unspecified atom stereocenters. The van der Waals surface area contributed by atoms with E-state index in [-0.39, 0.29) is 20.8 Å². The van der Waals surface area contributed by atoms with Gasteiger partial charge in [0.25, 0.3) is 0 Å². The highest BCUT2D eigenvalue weighted by Gasteiger charge is 2.21. The van der Waals surface area contributed by atoms with Crippen LogP contribution in [-0.2, 0) is 20.6 Å². The topological polar surface area (TPSA) is 52.6 Å². The first-order valence-corrected chi connectivity index (χ1v) is 16.7. The van der Waals surface area contributed by atoms with E-state index in [9.17, 15) is 8.42 Å². The molecule has 0 saturated carbocycles. The minimum absolute atomic E-state index is 0.0852. The number of halogens is 1. The largest absolute Gasteiger partial charge is 0.488 e. The van der Waals surface area contributed by atoms with E-state index in [0.29, 0.717) is 16.8 Å². The van der Waals surface area contributed by atoms with Crippen LogP contribution in [0.15, 0.2) is 82.6 Å². The second-order valence-electron chi connectivity index (χ2n) is 12.9. The molecule has 42 heavy (non-hydrogen) atoms. The Labute approximate surface area is 260 Å². The molecule has 0 amide bonds. The van der Waals surface area contributed by atoms with E-state index < -0.39 is 9.84 Å². The van der Waals surface area contributed by atoms with Crippen LogP contribution >= 0.6 is 15.9 Å². The van der Waals surface area contributed by atoms with Crippen LogP contribution in [0, 0.1) is 20.8 Å². The fraction of sp³-hybridized carbons (Fsp3) is 0.333. The maximum Gasteiger partial charge on any atom is 0.206 e. The van der Waals surface area contributed by atoms with Crippen LogP contribution in [0.1, 0.15) is 69.4 Å². The molecular weight excluding hydrogens is 608 g/mol. The third-order valence-electron chi connectivity index (χ3n) is 7.02. The first-order valence-electron chi connectivity index (χ1n) is 14.1. The van der Waals surface area contributed by atoms with Gasteiger partial charge >= 0.3 is 0 Å². The van der Waals surface area contributed by atoms with E-state index >= 15 is 0 Å². The van der Waals surface area contributed by atoms with Gasteiger partial charge in [-0.05, 0) is 141 Å². The number of aryl methyl sites for hydroxylation is 3. The lowest BCUT2D eigenvalue weighted by molar-refractivity contribution is 0.131. The van der Waals surface area contributed by atoms with Crippen molar-refractivity contribution in [3.05, 3.63) is 101 Å². The number of ether oxygens (including phenoxy) is 2. The molecule has 0 aromatic heterocycles. The third kappa shape index (κ3) is 7.09. The maximum atomic E-state index is 13.3. The SMILES string of the molecule is Cc1cc(-c2cc(C)c(C(C)(C)C)c(C)c2)cc(CBr)c1Oc1ccc(S(=O)(=O)c2ccc(OC(C)(C)C)cc2)cc1. The summed E-state index contributed by atoms with van der Waals surface area (Å²) < 4.78 is 38.7. The maximum absolute atomic E-state index is 13.3. The van der Waals surface area contributed by atoms with Gasteiger partial charge in [0.15, 0.2) is 0 Å². The lowest BCUT2D eigenvalue weighted by atomic mass is 9.80. The Morgan fingerprint density at radius 1 is 0.667 bits per heavy atom. The summed E-state index contributed by atoms with van der Waals surface area (Å²) in [6.07, 6.45) is 0. The first-order chi connectivity index (χ1) is 19.5. The molecule has 0 atom stereocenters. The fourth-order valence-electron chi connectivity index (χ4n) is 5.55. The van der Waals surface area contributed by atoms with E-state index in [1.807, 2.05) is 27.7 Å². The summed E-state index contributed by atoms with van der Waals surface area (Å²) in [4.78, 5) is 0.419. The smallest absolute Gasteiger partial charge is 0.206 e. The monoisotopic (exact) mass is 648 g/mol. The van der Waals surface area contributed by atoms with Crippen molar-refractivity contribution in [1.82, 2.24) is 0 Å². The molecule has 0 bridgehead atoms. The van der Waals surface area contributed by atoms with E-state index in [0.717, 1.165) is 22.4 Å². The lowest BCUT2D eigenvalue weighted by Gasteiger charge is -2.25. The summed E-state index contributed by atoms with van der Waals surface area (Å²) in [6, 6.07) is 22.0. The van der Waals surface area contributed by atoms with Crippen LogP contribution in [-0.4, -0.2) is 14.0 Å². The Balaban J connectivity index is 1.59. The third-order valence-corrected chi connectivity index (χ3v) is 9.41. The van der Waals surface area contributed by atoms with Gasteiger partial charge < -0.3 is 9.47 Å². The van der Waals surface area contributed by atoms with Gasteiger partial charge in [-0.1, -0.05) is 48.8 Å². The lowest BCUT2D eigenvalue weighted by Crippen LogP contribution is -2.22. The van der Waals surface area contributed by atoms with Gasteiger partial charge in [-0.2, -0.15) is 0 Å². The number of hydrogen-bond donors (Lipinski definition) is 0. The number of sulfone groups is 1. The highest BCUT2D eigenvalue weighted by atomic mass is 79.9. The zero-order chi connectivity index (χ0) is 31.0. The zero-order valence-corrected chi connectivity index (χ0v) is 28.5. The van der Waals surface area contributed by atoms with E-state index in [4.69, 9.17) is 9.47 Å². The zero-order valence-electron chi connectivity index (χ0n) is 26.1. The number of rotatable bonds is 7. The van der Waals surface area contributed by atoms with Crippen LogP contribution in [0.5, 0.6) is 17.2 Å². The Morgan fingerprint density at radius 2 is 1.12 bits per heavy atom. The molecule has 0 heterocycles. The van der Waals surface area contributed by atoms with Crippen LogP contribution < -0.4 is 9.47 Å². The van der Waals surface area contributed by atoms with Gasteiger partial charge in [-0.15, -0.1) is 0 Å². The summed E-state index contributed by atoms with van der Waals surface area (Å²) >= 11 is 3.65. The van der Waals surface area contributed by atoms with Crippen LogP contribution in [0.2, 0.25) is 0 Å². The van der Waals surface area contributed by atoms with Crippen molar-refractivity contribution in [2.24, 2.45) is 0 Å². The van der Waals surface area contributed by atoms with Crippen molar-refractivity contribution in [3.63, 3.8) is 0 Å². The van der Waals surface area contributed by atoms with Crippen molar-refractivity contribution < 1.29 is 17.9 Å². The molecule has 0 aliphatic rings. The van der Waals surface area contributed by atoms with E-state index in [2.05, 4.69) is 74.8 Å². The van der Waals surface area contributed by atoms with Crippen LogP contribution in [0.4, 0.5) is 0 Å². The summed E-state index contributed by atoms with van der Waals surface area (Å²) in [7, 11) is -3.68. The normalized spacial score (nSPS) is 12.3. The second kappa shape index (κ2) is 11.9. The van der Waals surface area contributed by atoms with Gasteiger partial charge in [-0.3, -0.25) is 0 Å². The molecule has 4 rings (SSSR count). The minimum atomic E-state index is -3.68. The predicted octanol–water partition coefficient (Wildman–Crippen LogP) is 10.3. The molecule has 0 N–H and O–H groups in total. The van der Waals surface area contributed by atoms with Crippen molar-refractivity contribution >= 4 is 25.8 Å². The minimum Gasteiger partial charge on any atom is -0.488 e. The number of hydrogen-bond acceptors (Lipinski definition) is 4. The molecule has 0 radical (unpaired) electrons. The average molecular weight is 650 g/mol. The van der Waals surface area contributed by atoms with Gasteiger partial charge in [0.1, 0.15) is 22.8 Å². The van der Waals surface area contributed by atoms with E-state index in [1.165, 1.54) is 22.3 Å². The van der Waals surface area contributed by atoms with Crippen molar-refractivity contribution in [1.29, 1.82) is 0 Å². The molecule has 6 heteroatoms. The summed E-state index contributed by atoms with van der Waals surface area (Å²) in [5.74, 6) is 1.96. The fourth-order valence-corrected chi connectivity index (χ4v) is 7.23. The highest BCUT2D eigenvalue weighted by Crippen LogP contribution is 2.38. The molecule has 222 valence electrons. The Hall–Kier alpha value is -3.09. The summed E-state index contributed by atoms with van der Waals surface area (Å²) in [5.41, 5.74) is 8.05. The predicted molar refractivity (Wildman–Crippen MR) is 176 cm³/mol. The van der Waals surface area contributed by atoms with Gasteiger partial charge in [0, 0.05) is 10.9 Å². The van der Waals surface area contributed by atoms with Crippen molar-refractivity contribution in [2.75, 3.05) is 0 Å². The van der Waals surface area contributed by atoms with Crippen molar-refractivity contribution in [3.8, 4) is 28.4 Å². The Kier molecular flexibility index (Phi) is 9.01. The average Bonchev–Trinajstić information content (AvgIpc) is 2.88. The summed E-state index contributed by atoms with van der Waals surface area (Å²) in [5, 5.41) is 0.621. The highest BCUT2D eigenvalue weighted by molar-refractivity contribution is 9.08. The molecule has 4 nitrogen and oxygen atoms in total. The molecule has 0 aliphatic heterocycles. The standard InChI is InChI=1S/C36H41BrO4S/c1-23-18-26(19-24(2)33(23)35(4,5)6)27-20-25(3)34(28(21-27)22-37)40-29-10-14-31(15-11-29)42(38,39)32-16-12-30(13-17-32)41-36(7,8)9/h10-21H,22H2,1-9H3. The Bertz CT molecular complexity index is 1670. The first kappa shape index (κ1) is 31.8. The van der Waals surface area contributed by atoms with Crippen molar-refractivity contribution in [2.45, 2.75) is 88.5 Å². The van der Waals surface area contributed by atoms with Gasteiger partial charge in [0.2, 0.25) is 9.84 Å². The molecule has 0 aliphatic carbocycles. The number of alkyl halides is 1. The molecule has 0 saturated heterocycles. The number of benzene rings is 4. The van der Waals surface area contributed by atoms with Gasteiger partial charge in [0.05, 0.1) is 9.79 Å². The van der Waals surface area contributed by atoms with E-state index in [1.54, 1.807) is 48.5 Å². The summed E-state index contributed by atoms with van der Waals surface area (Å²) in [6.45, 7) is 19.0. The molecular formula is C36H41BrO4S. The Morgan fingerprint density at radius 3 is 1.57 bits per heavy atom. The molecule has 0 spiro atoms. The second-order valence-corrected chi connectivity index (χ2v) is 15.4. The quantitative estimate of drug-likeness (QED) is 0.187.